The van der Waals surface area contributed by atoms with Crippen molar-refractivity contribution < 1.29 is 14.3 Å². The van der Waals surface area contributed by atoms with Crippen molar-refractivity contribution >= 4 is 5.91 Å². The molecular weight excluding hydrogens is 290 g/mol. The van der Waals surface area contributed by atoms with Gasteiger partial charge in [-0.3, -0.25) is 4.79 Å². The van der Waals surface area contributed by atoms with Crippen molar-refractivity contribution in [2.75, 3.05) is 20.8 Å². The van der Waals surface area contributed by atoms with Gasteiger partial charge in [0.25, 0.3) is 5.91 Å². The van der Waals surface area contributed by atoms with Crippen LogP contribution in [0.25, 0.3) is 0 Å². The van der Waals surface area contributed by atoms with E-state index in [1.54, 1.807) is 26.4 Å². The van der Waals surface area contributed by atoms with E-state index in [4.69, 9.17) is 9.47 Å². The summed E-state index contributed by atoms with van der Waals surface area (Å²) in [6, 6.07) is 5.36. The molecule has 1 heterocycles. The summed E-state index contributed by atoms with van der Waals surface area (Å²) in [6.45, 7) is 2.96. The number of amides is 1. The number of nitrogens with zero attached hydrogens (tertiary/aromatic N) is 1. The first-order valence-electron chi connectivity index (χ1n) is 8.07. The standard InChI is InChI=1S/C19H23NO3/c1-13-6-8-16-14(11-13)5-4-10-20(16)19(21)15-7-9-17(22-2)18(12-15)23-3/h7,9,11-12H,4-6,8,10H2,1-3H3. The molecule has 0 saturated heterocycles. The highest BCUT2D eigenvalue weighted by Gasteiger charge is 2.27. The molecule has 1 amide bonds. The Morgan fingerprint density at radius 3 is 2.61 bits per heavy atom. The molecule has 1 aliphatic heterocycles. The van der Waals surface area contributed by atoms with Gasteiger partial charge in [-0.2, -0.15) is 0 Å². The Balaban J connectivity index is 1.92. The molecule has 0 radical (unpaired) electrons. The lowest BCUT2D eigenvalue weighted by Crippen LogP contribution is -2.35. The van der Waals surface area contributed by atoms with E-state index in [2.05, 4.69) is 13.0 Å². The summed E-state index contributed by atoms with van der Waals surface area (Å²) in [5.74, 6) is 1.27. The lowest BCUT2D eigenvalue weighted by Gasteiger charge is -2.34. The van der Waals surface area contributed by atoms with Crippen molar-refractivity contribution in [1.29, 1.82) is 0 Å². The van der Waals surface area contributed by atoms with E-state index >= 15 is 0 Å². The minimum Gasteiger partial charge on any atom is -0.493 e. The zero-order valence-electron chi connectivity index (χ0n) is 14.0. The van der Waals surface area contributed by atoms with Crippen LogP contribution in [0.15, 0.2) is 41.1 Å². The molecule has 0 bridgehead atoms. The average Bonchev–Trinajstić information content (AvgIpc) is 2.59. The molecule has 0 N–H and O–H groups in total. The normalized spacial score (nSPS) is 17.5. The smallest absolute Gasteiger partial charge is 0.258 e. The maximum atomic E-state index is 13.0. The fourth-order valence-electron chi connectivity index (χ4n) is 3.37. The van der Waals surface area contributed by atoms with E-state index in [0.717, 1.165) is 32.2 Å². The second kappa shape index (κ2) is 6.49. The number of allylic oxidation sites excluding steroid dienone is 4. The number of benzene rings is 1. The topological polar surface area (TPSA) is 38.8 Å². The SMILES string of the molecule is COc1ccc(C(=O)N2CCCC3=C2CCC(C)=C3)cc1OC. The van der Waals surface area contributed by atoms with Crippen LogP contribution in [0.3, 0.4) is 0 Å². The number of methoxy groups -OCH3 is 2. The zero-order chi connectivity index (χ0) is 16.4. The van der Waals surface area contributed by atoms with Gasteiger partial charge in [0.15, 0.2) is 11.5 Å². The maximum absolute atomic E-state index is 13.0. The highest BCUT2D eigenvalue weighted by Crippen LogP contribution is 2.34. The summed E-state index contributed by atoms with van der Waals surface area (Å²) in [5.41, 5.74) is 4.57. The van der Waals surface area contributed by atoms with E-state index in [-0.39, 0.29) is 5.91 Å². The first-order chi connectivity index (χ1) is 11.1. The number of rotatable bonds is 3. The first-order valence-corrected chi connectivity index (χ1v) is 8.07. The van der Waals surface area contributed by atoms with Crippen LogP contribution in [0.2, 0.25) is 0 Å². The van der Waals surface area contributed by atoms with Crippen molar-refractivity contribution in [3.05, 3.63) is 46.7 Å². The van der Waals surface area contributed by atoms with Crippen molar-refractivity contribution in [3.8, 4) is 11.5 Å². The van der Waals surface area contributed by atoms with Gasteiger partial charge >= 0.3 is 0 Å². The molecule has 122 valence electrons. The number of hydrogen-bond donors (Lipinski definition) is 0. The Morgan fingerprint density at radius 2 is 1.87 bits per heavy atom. The predicted molar refractivity (Wildman–Crippen MR) is 89.8 cm³/mol. The Morgan fingerprint density at radius 1 is 1.09 bits per heavy atom. The van der Waals surface area contributed by atoms with Gasteiger partial charge in [0.1, 0.15) is 0 Å². The third-order valence-electron chi connectivity index (χ3n) is 4.58. The van der Waals surface area contributed by atoms with Crippen molar-refractivity contribution in [2.24, 2.45) is 0 Å². The van der Waals surface area contributed by atoms with E-state index < -0.39 is 0 Å². The molecule has 1 aromatic carbocycles. The van der Waals surface area contributed by atoms with Crippen molar-refractivity contribution in [2.45, 2.75) is 32.6 Å². The van der Waals surface area contributed by atoms with E-state index in [1.165, 1.54) is 16.8 Å². The molecule has 4 heteroatoms. The lowest BCUT2D eigenvalue weighted by molar-refractivity contribution is 0.0788. The van der Waals surface area contributed by atoms with Crippen LogP contribution in [0.4, 0.5) is 0 Å². The van der Waals surface area contributed by atoms with E-state index in [1.807, 2.05) is 11.0 Å². The maximum Gasteiger partial charge on any atom is 0.258 e. The molecule has 0 aromatic heterocycles. The highest BCUT2D eigenvalue weighted by molar-refractivity contribution is 5.96. The Kier molecular flexibility index (Phi) is 4.42. The third-order valence-corrected chi connectivity index (χ3v) is 4.58. The summed E-state index contributed by atoms with van der Waals surface area (Å²) < 4.78 is 10.6. The van der Waals surface area contributed by atoms with Gasteiger partial charge in [-0.1, -0.05) is 11.6 Å². The number of carbonyl (C=O) groups excluding carboxylic acids is 1. The fraction of sp³-hybridized carbons (Fsp3) is 0.421. The average molecular weight is 313 g/mol. The van der Waals surface area contributed by atoms with Gasteiger partial charge in [0.2, 0.25) is 0 Å². The van der Waals surface area contributed by atoms with Crippen LogP contribution in [-0.2, 0) is 0 Å². The second-order valence-corrected chi connectivity index (χ2v) is 6.09. The van der Waals surface area contributed by atoms with Crippen LogP contribution in [-0.4, -0.2) is 31.6 Å². The predicted octanol–water partition coefficient (Wildman–Crippen LogP) is 3.93. The molecule has 0 atom stereocenters. The number of hydrogen-bond acceptors (Lipinski definition) is 3. The Hall–Kier alpha value is -2.23. The monoisotopic (exact) mass is 313 g/mol. The zero-order valence-corrected chi connectivity index (χ0v) is 14.0. The van der Waals surface area contributed by atoms with Crippen molar-refractivity contribution in [1.82, 2.24) is 4.90 Å². The summed E-state index contributed by atoms with van der Waals surface area (Å²) in [7, 11) is 3.18. The molecular formula is C19H23NO3. The molecule has 0 saturated carbocycles. The number of carbonyl (C=O) groups is 1. The van der Waals surface area contributed by atoms with Crippen LogP contribution in [0.1, 0.15) is 43.0 Å². The highest BCUT2D eigenvalue weighted by atomic mass is 16.5. The molecule has 4 nitrogen and oxygen atoms in total. The van der Waals surface area contributed by atoms with Gasteiger partial charge in [-0.05, 0) is 56.4 Å². The molecule has 1 aromatic rings. The van der Waals surface area contributed by atoms with E-state index in [9.17, 15) is 4.79 Å². The summed E-state index contributed by atoms with van der Waals surface area (Å²) in [4.78, 5) is 14.9. The van der Waals surface area contributed by atoms with Gasteiger partial charge in [0.05, 0.1) is 14.2 Å². The Labute approximate surface area is 137 Å². The van der Waals surface area contributed by atoms with Gasteiger partial charge in [0, 0.05) is 17.8 Å². The van der Waals surface area contributed by atoms with Crippen LogP contribution < -0.4 is 9.47 Å². The van der Waals surface area contributed by atoms with Crippen molar-refractivity contribution in [3.63, 3.8) is 0 Å². The van der Waals surface area contributed by atoms with Gasteiger partial charge in [-0.15, -0.1) is 0 Å². The molecule has 3 rings (SSSR count). The molecule has 0 unspecified atom stereocenters. The van der Waals surface area contributed by atoms with Crippen LogP contribution in [0.5, 0.6) is 11.5 Å². The Bertz CT molecular complexity index is 688. The number of ether oxygens (including phenoxy) is 2. The van der Waals surface area contributed by atoms with Gasteiger partial charge in [-0.25, -0.2) is 0 Å². The largest absolute Gasteiger partial charge is 0.493 e. The minimum atomic E-state index is 0.0473. The lowest BCUT2D eigenvalue weighted by atomic mass is 9.90. The summed E-state index contributed by atoms with van der Waals surface area (Å²) in [5, 5.41) is 0. The van der Waals surface area contributed by atoms with Crippen LogP contribution in [0, 0.1) is 0 Å². The molecule has 0 fully saturated rings. The fourth-order valence-corrected chi connectivity index (χ4v) is 3.37. The second-order valence-electron chi connectivity index (χ2n) is 6.09. The third kappa shape index (κ3) is 2.98. The molecule has 0 spiro atoms. The molecule has 2 aliphatic rings. The van der Waals surface area contributed by atoms with Gasteiger partial charge < -0.3 is 14.4 Å². The van der Waals surface area contributed by atoms with E-state index in [0.29, 0.717) is 17.1 Å². The summed E-state index contributed by atoms with van der Waals surface area (Å²) >= 11 is 0. The molecule has 1 aliphatic carbocycles. The summed E-state index contributed by atoms with van der Waals surface area (Å²) in [6.07, 6.45) is 6.34. The molecule has 23 heavy (non-hydrogen) atoms. The first kappa shape index (κ1) is 15.7. The quantitative estimate of drug-likeness (QED) is 0.848. The van der Waals surface area contributed by atoms with Crippen LogP contribution >= 0.6 is 0 Å². The minimum absolute atomic E-state index is 0.0473.